The highest BCUT2D eigenvalue weighted by atomic mass is 79.9. The van der Waals surface area contributed by atoms with Crippen LogP contribution in [0, 0.1) is 5.92 Å². The molecule has 0 aliphatic rings. The second-order valence-corrected chi connectivity index (χ2v) is 5.30. The van der Waals surface area contributed by atoms with E-state index in [1.165, 1.54) is 0 Å². The minimum atomic E-state index is 0.120. The Labute approximate surface area is 104 Å². The molecule has 1 aromatic rings. The third-order valence-corrected chi connectivity index (χ3v) is 3.00. The number of carbonyl (C=O) groups is 1. The van der Waals surface area contributed by atoms with Crippen LogP contribution >= 0.6 is 27.5 Å². The molecule has 0 amide bonds. The molecular formula is C12H14BrClO. The van der Waals surface area contributed by atoms with E-state index in [0.29, 0.717) is 22.9 Å². The van der Waals surface area contributed by atoms with E-state index in [1.807, 2.05) is 6.07 Å². The van der Waals surface area contributed by atoms with Crippen molar-refractivity contribution in [2.75, 3.05) is 0 Å². The van der Waals surface area contributed by atoms with Gasteiger partial charge >= 0.3 is 0 Å². The summed E-state index contributed by atoms with van der Waals surface area (Å²) in [5.74, 6) is 0.662. The van der Waals surface area contributed by atoms with Crippen molar-refractivity contribution in [3.63, 3.8) is 0 Å². The zero-order valence-corrected chi connectivity index (χ0v) is 11.2. The van der Waals surface area contributed by atoms with Crippen molar-refractivity contribution in [3.8, 4) is 0 Å². The van der Waals surface area contributed by atoms with Gasteiger partial charge in [-0.15, -0.1) is 0 Å². The fourth-order valence-corrected chi connectivity index (χ4v) is 1.85. The summed E-state index contributed by atoms with van der Waals surface area (Å²) in [7, 11) is 0. The van der Waals surface area contributed by atoms with Gasteiger partial charge in [0.1, 0.15) is 0 Å². The number of hydrogen-bond donors (Lipinski definition) is 0. The lowest BCUT2D eigenvalue weighted by atomic mass is 10.0. The molecule has 0 saturated heterocycles. The standard InChI is InChI=1S/C12H14BrClO/c1-8(2)3-6-12(15)10-7-9(13)4-5-11(10)14/h4-5,7-8H,3,6H2,1-2H3. The van der Waals surface area contributed by atoms with Crippen molar-refractivity contribution in [3.05, 3.63) is 33.3 Å². The Balaban J connectivity index is 2.77. The zero-order valence-electron chi connectivity index (χ0n) is 8.89. The fraction of sp³-hybridized carbons (Fsp3) is 0.417. The normalized spacial score (nSPS) is 10.7. The third kappa shape index (κ3) is 3.96. The number of ketones is 1. The van der Waals surface area contributed by atoms with Crippen LogP contribution in [0.15, 0.2) is 22.7 Å². The highest BCUT2D eigenvalue weighted by Gasteiger charge is 2.11. The average molecular weight is 290 g/mol. The maximum atomic E-state index is 11.8. The number of Topliss-reactive ketones (excluding diaryl/α,β-unsaturated/α-hetero) is 1. The van der Waals surface area contributed by atoms with Crippen LogP contribution in [-0.2, 0) is 0 Å². The second kappa shape index (κ2) is 5.66. The number of rotatable bonds is 4. The van der Waals surface area contributed by atoms with E-state index in [1.54, 1.807) is 12.1 Å². The van der Waals surface area contributed by atoms with Crippen molar-refractivity contribution in [1.82, 2.24) is 0 Å². The largest absolute Gasteiger partial charge is 0.294 e. The highest BCUT2D eigenvalue weighted by molar-refractivity contribution is 9.10. The van der Waals surface area contributed by atoms with Crippen LogP contribution in [0.3, 0.4) is 0 Å². The number of halogens is 2. The lowest BCUT2D eigenvalue weighted by molar-refractivity contribution is 0.0975. The van der Waals surface area contributed by atoms with Crippen molar-refractivity contribution in [1.29, 1.82) is 0 Å². The molecule has 0 spiro atoms. The number of hydrogen-bond acceptors (Lipinski definition) is 1. The summed E-state index contributed by atoms with van der Waals surface area (Å²) in [6, 6.07) is 5.36. The van der Waals surface area contributed by atoms with Crippen LogP contribution in [-0.4, -0.2) is 5.78 Å². The minimum absolute atomic E-state index is 0.120. The van der Waals surface area contributed by atoms with Crippen molar-refractivity contribution in [2.24, 2.45) is 5.92 Å². The highest BCUT2D eigenvalue weighted by Crippen LogP contribution is 2.23. The molecule has 0 unspecified atom stereocenters. The maximum Gasteiger partial charge on any atom is 0.164 e. The molecular weight excluding hydrogens is 275 g/mol. The van der Waals surface area contributed by atoms with Gasteiger partial charge < -0.3 is 0 Å². The summed E-state index contributed by atoms with van der Waals surface area (Å²) in [5, 5.41) is 0.534. The maximum absolute atomic E-state index is 11.8. The van der Waals surface area contributed by atoms with Gasteiger partial charge in [-0.05, 0) is 30.5 Å². The number of benzene rings is 1. The Hall–Kier alpha value is -0.340. The topological polar surface area (TPSA) is 17.1 Å². The molecule has 3 heteroatoms. The predicted molar refractivity (Wildman–Crippen MR) is 67.6 cm³/mol. The van der Waals surface area contributed by atoms with Gasteiger partial charge in [0.2, 0.25) is 0 Å². The molecule has 1 aromatic carbocycles. The van der Waals surface area contributed by atoms with Gasteiger partial charge in [-0.2, -0.15) is 0 Å². The first-order valence-electron chi connectivity index (χ1n) is 4.99. The van der Waals surface area contributed by atoms with E-state index in [-0.39, 0.29) is 5.78 Å². The van der Waals surface area contributed by atoms with Crippen LogP contribution in [0.4, 0.5) is 0 Å². The smallest absolute Gasteiger partial charge is 0.164 e. The summed E-state index contributed by atoms with van der Waals surface area (Å²) in [6.07, 6.45) is 1.47. The average Bonchev–Trinajstić information content (AvgIpc) is 2.18. The summed E-state index contributed by atoms with van der Waals surface area (Å²) < 4.78 is 0.889. The van der Waals surface area contributed by atoms with Crippen LogP contribution in [0.2, 0.25) is 5.02 Å². The molecule has 0 saturated carbocycles. The number of carbonyl (C=O) groups excluding carboxylic acids is 1. The third-order valence-electron chi connectivity index (χ3n) is 2.18. The van der Waals surface area contributed by atoms with Gasteiger partial charge in [-0.25, -0.2) is 0 Å². The van der Waals surface area contributed by atoms with E-state index >= 15 is 0 Å². The summed E-state index contributed by atoms with van der Waals surface area (Å²) >= 11 is 9.30. The molecule has 1 nitrogen and oxygen atoms in total. The second-order valence-electron chi connectivity index (χ2n) is 3.98. The summed E-state index contributed by atoms with van der Waals surface area (Å²) in [4.78, 5) is 11.8. The summed E-state index contributed by atoms with van der Waals surface area (Å²) in [6.45, 7) is 4.21. The Morgan fingerprint density at radius 3 is 2.73 bits per heavy atom. The van der Waals surface area contributed by atoms with Crippen molar-refractivity contribution in [2.45, 2.75) is 26.7 Å². The quantitative estimate of drug-likeness (QED) is 0.733. The van der Waals surface area contributed by atoms with E-state index in [2.05, 4.69) is 29.8 Å². The molecule has 15 heavy (non-hydrogen) atoms. The molecule has 0 fully saturated rings. The Bertz CT molecular complexity index is 361. The van der Waals surface area contributed by atoms with Gasteiger partial charge in [0.05, 0.1) is 5.02 Å². The molecule has 0 atom stereocenters. The van der Waals surface area contributed by atoms with Crippen LogP contribution < -0.4 is 0 Å². The molecule has 82 valence electrons. The van der Waals surface area contributed by atoms with E-state index in [0.717, 1.165) is 10.9 Å². The van der Waals surface area contributed by atoms with Crippen LogP contribution in [0.5, 0.6) is 0 Å². The van der Waals surface area contributed by atoms with Crippen molar-refractivity contribution < 1.29 is 4.79 Å². The van der Waals surface area contributed by atoms with Crippen LogP contribution in [0.1, 0.15) is 37.0 Å². The molecule has 0 N–H and O–H groups in total. The van der Waals surface area contributed by atoms with Gasteiger partial charge in [0.25, 0.3) is 0 Å². The van der Waals surface area contributed by atoms with E-state index in [9.17, 15) is 4.79 Å². The SMILES string of the molecule is CC(C)CCC(=O)c1cc(Br)ccc1Cl. The Morgan fingerprint density at radius 1 is 1.47 bits per heavy atom. The Kier molecular flexibility index (Phi) is 4.81. The molecule has 0 heterocycles. The monoisotopic (exact) mass is 288 g/mol. The van der Waals surface area contributed by atoms with E-state index < -0.39 is 0 Å². The molecule has 0 aliphatic heterocycles. The molecule has 0 radical (unpaired) electrons. The molecule has 0 aromatic heterocycles. The lowest BCUT2D eigenvalue weighted by Gasteiger charge is -2.06. The molecule has 1 rings (SSSR count). The molecule has 0 aliphatic carbocycles. The van der Waals surface area contributed by atoms with Crippen molar-refractivity contribution >= 4 is 33.3 Å². The zero-order chi connectivity index (χ0) is 11.4. The van der Waals surface area contributed by atoms with Crippen LogP contribution in [0.25, 0.3) is 0 Å². The lowest BCUT2D eigenvalue weighted by Crippen LogP contribution is -2.02. The first kappa shape index (κ1) is 12.7. The molecule has 0 bridgehead atoms. The summed E-state index contributed by atoms with van der Waals surface area (Å²) in [5.41, 5.74) is 0.617. The van der Waals surface area contributed by atoms with Gasteiger partial charge in [0.15, 0.2) is 5.78 Å². The predicted octanol–water partition coefficient (Wildman–Crippen LogP) is 4.72. The minimum Gasteiger partial charge on any atom is -0.294 e. The first-order valence-corrected chi connectivity index (χ1v) is 6.16. The Morgan fingerprint density at radius 2 is 2.13 bits per heavy atom. The fourth-order valence-electron chi connectivity index (χ4n) is 1.27. The van der Waals surface area contributed by atoms with Gasteiger partial charge in [-0.1, -0.05) is 41.4 Å². The van der Waals surface area contributed by atoms with Gasteiger partial charge in [0, 0.05) is 16.5 Å². The van der Waals surface area contributed by atoms with E-state index in [4.69, 9.17) is 11.6 Å². The van der Waals surface area contributed by atoms with Gasteiger partial charge in [-0.3, -0.25) is 4.79 Å². The first-order chi connectivity index (χ1) is 7.00.